The molecule has 1 N–H and O–H groups in total. The number of nitrogens with zero attached hydrogens (tertiary/aromatic N) is 3. The first kappa shape index (κ1) is 14.7. The largest absolute Gasteiger partial charge is 0.334 e. The van der Waals surface area contributed by atoms with E-state index in [9.17, 15) is 0 Å². The summed E-state index contributed by atoms with van der Waals surface area (Å²) in [5, 5.41) is 11.7. The highest BCUT2D eigenvalue weighted by Crippen LogP contribution is 2.20. The van der Waals surface area contributed by atoms with Crippen molar-refractivity contribution in [2.45, 2.75) is 38.8 Å². The molecule has 0 amide bonds. The van der Waals surface area contributed by atoms with Gasteiger partial charge in [-0.1, -0.05) is 12.1 Å². The van der Waals surface area contributed by atoms with Crippen molar-refractivity contribution < 1.29 is 4.52 Å². The fraction of sp³-hybridized carbons (Fsp3) is 0.600. The number of hydrogen-bond acceptors (Lipinski definition) is 6. The number of rotatable bonds is 7. The minimum Gasteiger partial charge on any atom is -0.334 e. The molecule has 114 valence electrons. The Balaban J connectivity index is 1.62. The summed E-state index contributed by atoms with van der Waals surface area (Å²) in [6, 6.07) is 2.62. The minimum atomic E-state index is 0.611. The maximum Gasteiger partial charge on any atom is 0.258 e. The highest BCUT2D eigenvalue weighted by molar-refractivity contribution is 7.08. The molecule has 3 heterocycles. The van der Waals surface area contributed by atoms with Gasteiger partial charge in [0.05, 0.1) is 12.1 Å². The van der Waals surface area contributed by atoms with E-state index in [4.69, 9.17) is 4.52 Å². The van der Waals surface area contributed by atoms with Crippen molar-refractivity contribution in [2.75, 3.05) is 19.6 Å². The number of hydrogen-bond donors (Lipinski definition) is 1. The quantitative estimate of drug-likeness (QED) is 0.852. The predicted octanol–water partition coefficient (Wildman–Crippen LogP) is 2.76. The van der Waals surface area contributed by atoms with Crippen molar-refractivity contribution in [2.24, 2.45) is 0 Å². The molecule has 0 spiro atoms. The van der Waals surface area contributed by atoms with Crippen LogP contribution in [0.2, 0.25) is 0 Å². The summed E-state index contributed by atoms with van der Waals surface area (Å²) in [4.78, 5) is 6.94. The van der Waals surface area contributed by atoms with Crippen molar-refractivity contribution in [1.29, 1.82) is 0 Å². The molecule has 0 aliphatic carbocycles. The van der Waals surface area contributed by atoms with Crippen LogP contribution in [-0.4, -0.2) is 40.7 Å². The lowest BCUT2D eigenvalue weighted by molar-refractivity contribution is 0.233. The fourth-order valence-electron chi connectivity index (χ4n) is 2.80. The summed E-state index contributed by atoms with van der Waals surface area (Å²) >= 11 is 1.64. The molecule has 2 aromatic heterocycles. The van der Waals surface area contributed by atoms with Crippen LogP contribution in [0.5, 0.6) is 0 Å². The number of thiophene rings is 1. The van der Waals surface area contributed by atoms with Crippen molar-refractivity contribution >= 4 is 11.3 Å². The van der Waals surface area contributed by atoms with E-state index in [-0.39, 0.29) is 0 Å². The first-order valence-electron chi connectivity index (χ1n) is 7.66. The lowest BCUT2D eigenvalue weighted by Crippen LogP contribution is -2.37. The second kappa shape index (κ2) is 7.15. The van der Waals surface area contributed by atoms with Gasteiger partial charge >= 0.3 is 0 Å². The first-order chi connectivity index (χ1) is 10.3. The summed E-state index contributed by atoms with van der Waals surface area (Å²) in [6.45, 7) is 6.26. The third-order valence-corrected chi connectivity index (χ3v) is 4.47. The molecule has 0 saturated carbocycles. The monoisotopic (exact) mass is 306 g/mol. The fourth-order valence-corrected chi connectivity index (χ4v) is 3.43. The third kappa shape index (κ3) is 3.90. The highest BCUT2D eigenvalue weighted by Gasteiger charge is 2.19. The van der Waals surface area contributed by atoms with Gasteiger partial charge in [-0.2, -0.15) is 16.3 Å². The van der Waals surface area contributed by atoms with Crippen LogP contribution in [0, 0.1) is 0 Å². The topological polar surface area (TPSA) is 54.2 Å². The van der Waals surface area contributed by atoms with Gasteiger partial charge in [-0.3, -0.25) is 4.90 Å². The Labute approximate surface area is 129 Å². The molecule has 5 nitrogen and oxygen atoms in total. The van der Waals surface area contributed by atoms with Gasteiger partial charge < -0.3 is 9.84 Å². The van der Waals surface area contributed by atoms with E-state index < -0.39 is 0 Å². The van der Waals surface area contributed by atoms with Crippen LogP contribution in [0.15, 0.2) is 21.3 Å². The van der Waals surface area contributed by atoms with Gasteiger partial charge in [-0.05, 0) is 43.8 Å². The standard InChI is InChI=1S/C15H22N4OS/c1-2-7-19(9-13-4-3-6-16-13)10-14-17-15(20-18-14)12-5-8-21-11-12/h5,8,11,13,16H,2-4,6-7,9-10H2,1H3. The zero-order chi connectivity index (χ0) is 14.5. The average Bonchev–Trinajstić information content (AvgIpc) is 3.21. The highest BCUT2D eigenvalue weighted by atomic mass is 32.1. The minimum absolute atomic E-state index is 0.611. The van der Waals surface area contributed by atoms with Crippen LogP contribution in [0.4, 0.5) is 0 Å². The van der Waals surface area contributed by atoms with E-state index in [0.29, 0.717) is 11.9 Å². The molecular weight excluding hydrogens is 284 g/mol. The van der Waals surface area contributed by atoms with Gasteiger partial charge in [-0.25, -0.2) is 0 Å². The van der Waals surface area contributed by atoms with Crippen molar-refractivity contribution in [3.8, 4) is 11.5 Å². The van der Waals surface area contributed by atoms with Crippen molar-refractivity contribution in [1.82, 2.24) is 20.4 Å². The van der Waals surface area contributed by atoms with E-state index in [0.717, 1.165) is 44.0 Å². The normalized spacial score (nSPS) is 18.7. The Kier molecular flexibility index (Phi) is 5.00. The third-order valence-electron chi connectivity index (χ3n) is 3.78. The predicted molar refractivity (Wildman–Crippen MR) is 84.2 cm³/mol. The Bertz CT molecular complexity index is 534. The molecule has 2 aromatic rings. The first-order valence-corrected chi connectivity index (χ1v) is 8.60. The van der Waals surface area contributed by atoms with Crippen LogP contribution in [0.3, 0.4) is 0 Å². The molecular formula is C15H22N4OS. The second-order valence-corrected chi connectivity index (χ2v) is 6.34. The molecule has 6 heteroatoms. The summed E-state index contributed by atoms with van der Waals surface area (Å²) in [5.74, 6) is 1.41. The molecule has 3 rings (SSSR count). The van der Waals surface area contributed by atoms with E-state index in [1.54, 1.807) is 11.3 Å². The molecule has 1 aliphatic rings. The second-order valence-electron chi connectivity index (χ2n) is 5.56. The van der Waals surface area contributed by atoms with Crippen molar-refractivity contribution in [3.63, 3.8) is 0 Å². The van der Waals surface area contributed by atoms with Crippen LogP contribution in [0.1, 0.15) is 32.0 Å². The molecule has 0 bridgehead atoms. The molecule has 21 heavy (non-hydrogen) atoms. The number of aromatic nitrogens is 2. The van der Waals surface area contributed by atoms with E-state index in [2.05, 4.69) is 27.3 Å². The van der Waals surface area contributed by atoms with E-state index in [1.165, 1.54) is 12.8 Å². The van der Waals surface area contributed by atoms with Gasteiger partial charge in [0.2, 0.25) is 0 Å². The Hall–Kier alpha value is -1.24. The van der Waals surface area contributed by atoms with Gasteiger partial charge in [0.25, 0.3) is 5.89 Å². The lowest BCUT2D eigenvalue weighted by Gasteiger charge is -2.23. The smallest absolute Gasteiger partial charge is 0.258 e. The maximum absolute atomic E-state index is 5.36. The molecule has 0 aromatic carbocycles. The molecule has 1 aliphatic heterocycles. The number of nitrogens with one attached hydrogen (secondary N) is 1. The SMILES string of the molecule is CCCN(Cc1noc(-c2ccsc2)n1)CC1CCCN1. The molecule has 1 fully saturated rings. The Morgan fingerprint density at radius 3 is 3.19 bits per heavy atom. The van der Waals surface area contributed by atoms with Gasteiger partial charge in [0, 0.05) is 18.0 Å². The van der Waals surface area contributed by atoms with Crippen molar-refractivity contribution in [3.05, 3.63) is 22.7 Å². The molecule has 0 radical (unpaired) electrons. The van der Waals surface area contributed by atoms with Gasteiger partial charge in [0.15, 0.2) is 5.82 Å². The lowest BCUT2D eigenvalue weighted by atomic mass is 10.2. The zero-order valence-corrected chi connectivity index (χ0v) is 13.2. The Morgan fingerprint density at radius 1 is 1.52 bits per heavy atom. The summed E-state index contributed by atoms with van der Waals surface area (Å²) in [5.41, 5.74) is 1.01. The zero-order valence-electron chi connectivity index (χ0n) is 12.4. The van der Waals surface area contributed by atoms with Crippen LogP contribution >= 0.6 is 11.3 Å². The summed E-state index contributed by atoms with van der Waals surface area (Å²) in [6.07, 6.45) is 3.70. The molecule has 1 atom stereocenters. The van der Waals surface area contributed by atoms with E-state index in [1.807, 2.05) is 16.8 Å². The summed E-state index contributed by atoms with van der Waals surface area (Å²) < 4.78 is 5.36. The van der Waals surface area contributed by atoms with Gasteiger partial charge in [0.1, 0.15) is 0 Å². The Morgan fingerprint density at radius 2 is 2.48 bits per heavy atom. The summed E-state index contributed by atoms with van der Waals surface area (Å²) in [7, 11) is 0. The molecule has 1 saturated heterocycles. The van der Waals surface area contributed by atoms with E-state index >= 15 is 0 Å². The maximum atomic E-state index is 5.36. The van der Waals surface area contributed by atoms with Crippen LogP contribution < -0.4 is 5.32 Å². The molecule has 1 unspecified atom stereocenters. The van der Waals surface area contributed by atoms with Crippen LogP contribution in [0.25, 0.3) is 11.5 Å². The average molecular weight is 306 g/mol. The van der Waals surface area contributed by atoms with Crippen LogP contribution in [-0.2, 0) is 6.54 Å². The van der Waals surface area contributed by atoms with Gasteiger partial charge in [-0.15, -0.1) is 0 Å².